The van der Waals surface area contributed by atoms with Gasteiger partial charge in [0.05, 0.1) is 0 Å². The summed E-state index contributed by atoms with van der Waals surface area (Å²) in [7, 11) is 0. The van der Waals surface area contributed by atoms with Crippen molar-refractivity contribution in [2.24, 2.45) is 0 Å². The van der Waals surface area contributed by atoms with Gasteiger partial charge in [0.2, 0.25) is 0 Å². The molecule has 0 spiro atoms. The van der Waals surface area contributed by atoms with E-state index in [2.05, 4.69) is 0 Å². The molecule has 96 valence electrons. The van der Waals surface area contributed by atoms with Crippen molar-refractivity contribution in [3.8, 4) is 0 Å². The van der Waals surface area contributed by atoms with Crippen LogP contribution < -0.4 is 69.3 Å². The average Bonchev–Trinajstić information content (AvgIpc) is 1.87. The van der Waals surface area contributed by atoms with Crippen molar-refractivity contribution in [3.63, 3.8) is 0 Å². The third-order valence-electron chi connectivity index (χ3n) is 0.908. The van der Waals surface area contributed by atoms with E-state index in [1.54, 1.807) is 13.8 Å². The third kappa shape index (κ3) is 79.4. The van der Waals surface area contributed by atoms with Gasteiger partial charge in [-0.1, -0.05) is 26.7 Å². The second kappa shape index (κ2) is 36.0. The van der Waals surface area contributed by atoms with Crippen LogP contribution in [-0.4, -0.2) is 28.4 Å². The van der Waals surface area contributed by atoms with Gasteiger partial charge in [0.15, 0.2) is 0 Å². The van der Waals surface area contributed by atoms with Crippen molar-refractivity contribution in [3.05, 3.63) is 0 Å². The zero-order valence-corrected chi connectivity index (χ0v) is 15.0. The maximum absolute atomic E-state index is 9.49. The Balaban J connectivity index is -0.0000000182. The molecule has 0 fully saturated rings. The first kappa shape index (κ1) is 43.1. The maximum atomic E-state index is 9.49. The summed E-state index contributed by atoms with van der Waals surface area (Å²) >= 11 is 0. The molecule has 0 aromatic rings. The smallest absolute Gasteiger partial charge is 0.550 e. The predicted octanol–water partition coefficient (Wildman–Crippen LogP) is -9.39. The molecular formula is C8H20Na2O7. The van der Waals surface area contributed by atoms with Gasteiger partial charge in [-0.2, -0.15) is 0 Å². The van der Waals surface area contributed by atoms with E-state index >= 15 is 0 Å². The van der Waals surface area contributed by atoms with Gasteiger partial charge in [0.1, 0.15) is 0 Å². The van der Waals surface area contributed by atoms with Crippen LogP contribution >= 0.6 is 0 Å². The molecule has 0 saturated carbocycles. The largest absolute Gasteiger partial charge is 1.00 e. The second-order valence-corrected chi connectivity index (χ2v) is 2.24. The molecule has 0 bridgehead atoms. The number of carboxylic acid groups (broad SMARTS) is 2. The number of rotatable bonds is 4. The molecule has 0 aliphatic rings. The number of carboxylic acids is 2. The van der Waals surface area contributed by atoms with E-state index in [1.165, 1.54) is 0 Å². The van der Waals surface area contributed by atoms with Crippen molar-refractivity contribution in [2.45, 2.75) is 39.5 Å². The molecule has 0 saturated heterocycles. The first-order chi connectivity index (χ1) is 5.54. The van der Waals surface area contributed by atoms with Gasteiger partial charge < -0.3 is 36.2 Å². The van der Waals surface area contributed by atoms with Gasteiger partial charge in [-0.05, 0) is 12.8 Å². The number of aliphatic carboxylic acids is 2. The van der Waals surface area contributed by atoms with Crippen LogP contribution in [-0.2, 0) is 9.59 Å². The summed E-state index contributed by atoms with van der Waals surface area (Å²) in [5.41, 5.74) is 0. The molecule has 7 nitrogen and oxygen atoms in total. The fourth-order valence-corrected chi connectivity index (χ4v) is 0.408. The summed E-state index contributed by atoms with van der Waals surface area (Å²) in [6.07, 6.45) is 1.70. The summed E-state index contributed by atoms with van der Waals surface area (Å²) in [4.78, 5) is 19.0. The van der Waals surface area contributed by atoms with Crippen LogP contribution in [0.25, 0.3) is 0 Å². The first-order valence-electron chi connectivity index (χ1n) is 3.94. The molecule has 17 heavy (non-hydrogen) atoms. The standard InChI is InChI=1S/2C4H8O2.2Na.3H2O/c2*1-2-3-4(5)6;;;;;/h2*2-3H2,1H3,(H,5,6);;;3*1H2/q;;2*+1;;;/p-2. The van der Waals surface area contributed by atoms with Gasteiger partial charge in [-0.3, -0.25) is 0 Å². The predicted molar refractivity (Wildman–Crippen MR) is 50.7 cm³/mol. The normalized spacial score (nSPS) is 5.76. The Morgan fingerprint density at radius 1 is 0.765 bits per heavy atom. The Kier molecular flexibility index (Phi) is 91.1. The molecule has 0 rings (SSSR count). The molecule has 0 heterocycles. The van der Waals surface area contributed by atoms with Crippen LogP contribution in [0.15, 0.2) is 0 Å². The van der Waals surface area contributed by atoms with Crippen LogP contribution in [0.4, 0.5) is 0 Å². The minimum Gasteiger partial charge on any atom is -0.550 e. The zero-order chi connectivity index (χ0) is 9.98. The minimum atomic E-state index is -0.961. The van der Waals surface area contributed by atoms with E-state index < -0.39 is 11.9 Å². The van der Waals surface area contributed by atoms with E-state index in [0.717, 1.165) is 0 Å². The summed E-state index contributed by atoms with van der Waals surface area (Å²) in [6.45, 7) is 3.60. The third-order valence-corrected chi connectivity index (χ3v) is 0.908. The van der Waals surface area contributed by atoms with Crippen LogP contribution in [0, 0.1) is 0 Å². The van der Waals surface area contributed by atoms with Gasteiger partial charge >= 0.3 is 59.1 Å². The SMILES string of the molecule is CCCC(=O)[O-].CCCC(=O)[O-].O.O.O.[Na+].[Na+]. The number of carbonyl (C=O) groups is 2. The van der Waals surface area contributed by atoms with Crippen molar-refractivity contribution < 1.29 is 95.3 Å². The molecule has 0 aliphatic carbocycles. The maximum Gasteiger partial charge on any atom is 1.00 e. The van der Waals surface area contributed by atoms with Crippen molar-refractivity contribution in [2.75, 3.05) is 0 Å². The summed E-state index contributed by atoms with van der Waals surface area (Å²) < 4.78 is 0. The topological polar surface area (TPSA) is 175 Å². The van der Waals surface area contributed by atoms with Crippen LogP contribution in [0.5, 0.6) is 0 Å². The Bertz CT molecular complexity index is 128. The van der Waals surface area contributed by atoms with Crippen molar-refractivity contribution >= 4 is 11.9 Å². The fraction of sp³-hybridized carbons (Fsp3) is 0.750. The summed E-state index contributed by atoms with van der Waals surface area (Å²) in [5, 5.41) is 19.0. The molecule has 9 heteroatoms. The van der Waals surface area contributed by atoms with Gasteiger partial charge in [0, 0.05) is 11.9 Å². The number of carbonyl (C=O) groups excluding carboxylic acids is 2. The van der Waals surface area contributed by atoms with E-state index in [0.29, 0.717) is 12.8 Å². The Morgan fingerprint density at radius 3 is 0.941 bits per heavy atom. The van der Waals surface area contributed by atoms with E-state index in [4.69, 9.17) is 0 Å². The van der Waals surface area contributed by atoms with Crippen LogP contribution in [0.2, 0.25) is 0 Å². The quantitative estimate of drug-likeness (QED) is 0.463. The van der Waals surface area contributed by atoms with Gasteiger partial charge in [-0.25, -0.2) is 0 Å². The molecule has 6 N–H and O–H groups in total. The molecule has 0 aromatic carbocycles. The molecule has 0 radical (unpaired) electrons. The van der Waals surface area contributed by atoms with Crippen LogP contribution in [0.3, 0.4) is 0 Å². The van der Waals surface area contributed by atoms with Crippen LogP contribution in [0.1, 0.15) is 39.5 Å². The molecule has 0 atom stereocenters. The molecule has 0 amide bonds. The Labute approximate surface area is 145 Å². The van der Waals surface area contributed by atoms with Crippen molar-refractivity contribution in [1.29, 1.82) is 0 Å². The summed E-state index contributed by atoms with van der Waals surface area (Å²) in [6, 6.07) is 0. The van der Waals surface area contributed by atoms with E-state index in [-0.39, 0.29) is 88.4 Å². The number of hydrogen-bond acceptors (Lipinski definition) is 4. The Morgan fingerprint density at radius 2 is 0.941 bits per heavy atom. The summed E-state index contributed by atoms with van der Waals surface area (Å²) in [5.74, 6) is -1.92. The minimum absolute atomic E-state index is 0. The van der Waals surface area contributed by atoms with Crippen molar-refractivity contribution in [1.82, 2.24) is 0 Å². The molecule has 0 aliphatic heterocycles. The van der Waals surface area contributed by atoms with Gasteiger partial charge in [0.25, 0.3) is 0 Å². The monoisotopic (exact) mass is 274 g/mol. The fourth-order valence-electron chi connectivity index (χ4n) is 0.408. The molecular weight excluding hydrogens is 254 g/mol. The van der Waals surface area contributed by atoms with E-state index in [1.807, 2.05) is 0 Å². The second-order valence-electron chi connectivity index (χ2n) is 2.24. The molecule has 0 aromatic heterocycles. The zero-order valence-electron chi connectivity index (χ0n) is 11.0. The molecule has 0 unspecified atom stereocenters. The first-order valence-corrected chi connectivity index (χ1v) is 3.94. The van der Waals surface area contributed by atoms with E-state index in [9.17, 15) is 19.8 Å². The number of hydrogen-bond donors (Lipinski definition) is 0. The Hall–Kier alpha value is 0.820. The average molecular weight is 274 g/mol. The van der Waals surface area contributed by atoms with Gasteiger partial charge in [-0.15, -0.1) is 0 Å².